The van der Waals surface area contributed by atoms with Gasteiger partial charge in [0, 0.05) is 49.4 Å². The number of rotatable bonds is 5. The molecule has 0 spiro atoms. The predicted molar refractivity (Wildman–Crippen MR) is 127 cm³/mol. The first-order valence-corrected chi connectivity index (χ1v) is 13.1. The third kappa shape index (κ3) is 4.94. The Morgan fingerprint density at radius 2 is 1.62 bits per heavy atom. The summed E-state index contributed by atoms with van der Waals surface area (Å²) in [6.07, 6.45) is 1.42. The molecule has 2 fully saturated rings. The Balaban J connectivity index is 1.36. The number of benzene rings is 2. The number of sulfonamides is 1. The maximum atomic E-state index is 13.2. The van der Waals surface area contributed by atoms with Crippen molar-refractivity contribution in [2.24, 2.45) is 5.92 Å². The number of ether oxygens (including phenoxy) is 1. The summed E-state index contributed by atoms with van der Waals surface area (Å²) in [7, 11) is -1.95. The number of methoxy groups -OCH3 is 1. The van der Waals surface area contributed by atoms with Crippen LogP contribution in [0.4, 0.5) is 5.69 Å². The highest BCUT2D eigenvalue weighted by Gasteiger charge is 2.35. The Bertz CT molecular complexity index is 1040. The van der Waals surface area contributed by atoms with Crippen LogP contribution < -0.4 is 9.64 Å². The van der Waals surface area contributed by atoms with Crippen LogP contribution in [0.15, 0.2) is 57.9 Å². The van der Waals surface area contributed by atoms with Gasteiger partial charge >= 0.3 is 0 Å². The average Bonchev–Trinajstić information content (AvgIpc) is 2.84. The molecule has 0 unspecified atom stereocenters. The van der Waals surface area contributed by atoms with E-state index >= 15 is 0 Å². The van der Waals surface area contributed by atoms with Crippen molar-refractivity contribution in [3.63, 3.8) is 0 Å². The number of anilines is 1. The maximum Gasteiger partial charge on any atom is 0.243 e. The molecule has 1 atom stereocenters. The van der Waals surface area contributed by atoms with Crippen LogP contribution in [0.3, 0.4) is 0 Å². The zero-order valence-electron chi connectivity index (χ0n) is 18.1. The van der Waals surface area contributed by atoms with E-state index in [4.69, 9.17) is 4.74 Å². The third-order valence-corrected chi connectivity index (χ3v) is 8.62. The minimum atomic E-state index is -3.60. The smallest absolute Gasteiger partial charge is 0.243 e. The van der Waals surface area contributed by atoms with Crippen molar-refractivity contribution in [3.05, 3.63) is 53.0 Å². The van der Waals surface area contributed by atoms with Crippen LogP contribution >= 0.6 is 15.9 Å². The van der Waals surface area contributed by atoms with Crippen molar-refractivity contribution in [1.29, 1.82) is 0 Å². The van der Waals surface area contributed by atoms with Crippen LogP contribution in [0, 0.1) is 5.92 Å². The standard InChI is InChI=1S/C23H28BrN3O4S/c1-31-21-8-6-20(7-9-21)25-13-15-26(16-14-25)23(28)18-3-2-12-27(17-18)32(29,30)22-10-4-19(24)5-11-22/h4-11,18H,2-3,12-17H2,1H3/t18-/m0/s1. The van der Waals surface area contributed by atoms with Crippen LogP contribution in [-0.4, -0.2) is 69.9 Å². The number of piperidine rings is 1. The second-order valence-electron chi connectivity index (χ2n) is 8.17. The van der Waals surface area contributed by atoms with Crippen LogP contribution in [0.2, 0.25) is 0 Å². The number of hydrogen-bond acceptors (Lipinski definition) is 5. The number of carbonyl (C=O) groups is 1. The van der Waals surface area contributed by atoms with E-state index in [1.54, 1.807) is 31.4 Å². The Kier molecular flexibility index (Phi) is 7.07. The average molecular weight is 522 g/mol. The Morgan fingerprint density at radius 1 is 0.969 bits per heavy atom. The van der Waals surface area contributed by atoms with E-state index in [-0.39, 0.29) is 23.3 Å². The van der Waals surface area contributed by atoms with Gasteiger partial charge in [0.1, 0.15) is 5.75 Å². The number of halogens is 1. The highest BCUT2D eigenvalue weighted by Crippen LogP contribution is 2.27. The fourth-order valence-electron chi connectivity index (χ4n) is 4.35. The molecule has 7 nitrogen and oxygen atoms in total. The summed E-state index contributed by atoms with van der Waals surface area (Å²) in [6, 6.07) is 14.6. The molecule has 2 aliphatic heterocycles. The molecule has 4 rings (SSSR count). The lowest BCUT2D eigenvalue weighted by molar-refractivity contribution is -0.137. The highest BCUT2D eigenvalue weighted by atomic mass is 79.9. The quantitative estimate of drug-likeness (QED) is 0.604. The molecular formula is C23H28BrN3O4S. The van der Waals surface area contributed by atoms with Crippen LogP contribution in [0.5, 0.6) is 5.75 Å². The van der Waals surface area contributed by atoms with Gasteiger partial charge in [-0.1, -0.05) is 15.9 Å². The second kappa shape index (κ2) is 9.80. The van der Waals surface area contributed by atoms with Crippen molar-refractivity contribution in [1.82, 2.24) is 9.21 Å². The topological polar surface area (TPSA) is 70.2 Å². The number of nitrogens with zero attached hydrogens (tertiary/aromatic N) is 3. The Morgan fingerprint density at radius 3 is 2.25 bits per heavy atom. The first kappa shape index (κ1) is 23.1. The zero-order valence-corrected chi connectivity index (χ0v) is 20.5. The molecule has 0 aliphatic carbocycles. The molecule has 0 bridgehead atoms. The van der Waals surface area contributed by atoms with Gasteiger partial charge in [-0.15, -0.1) is 0 Å². The molecule has 2 aliphatic rings. The molecule has 2 saturated heterocycles. The van der Waals surface area contributed by atoms with Crippen molar-refractivity contribution >= 4 is 37.5 Å². The zero-order chi connectivity index (χ0) is 22.7. The molecule has 0 saturated carbocycles. The van der Waals surface area contributed by atoms with E-state index in [2.05, 4.69) is 20.8 Å². The van der Waals surface area contributed by atoms with Gasteiger partial charge in [0.2, 0.25) is 15.9 Å². The number of amides is 1. The third-order valence-electron chi connectivity index (χ3n) is 6.21. The fraction of sp³-hybridized carbons (Fsp3) is 0.435. The van der Waals surface area contributed by atoms with Crippen molar-refractivity contribution < 1.29 is 17.9 Å². The summed E-state index contributed by atoms with van der Waals surface area (Å²) < 4.78 is 33.6. The predicted octanol–water partition coefficient (Wildman–Crippen LogP) is 3.21. The van der Waals surface area contributed by atoms with Gasteiger partial charge in [-0.05, 0) is 61.4 Å². The lowest BCUT2D eigenvalue weighted by Crippen LogP contribution is -2.53. The number of piperazine rings is 1. The monoisotopic (exact) mass is 521 g/mol. The van der Waals surface area contributed by atoms with Crippen molar-refractivity contribution in [3.8, 4) is 5.75 Å². The van der Waals surface area contributed by atoms with Crippen LogP contribution in [-0.2, 0) is 14.8 Å². The van der Waals surface area contributed by atoms with Crippen LogP contribution in [0.25, 0.3) is 0 Å². The summed E-state index contributed by atoms with van der Waals surface area (Å²) in [5.74, 6) is 0.596. The first-order chi connectivity index (χ1) is 15.4. The van der Waals surface area contributed by atoms with E-state index < -0.39 is 10.0 Å². The Labute approximate surface area is 198 Å². The Hall–Kier alpha value is -2.10. The number of hydrogen-bond donors (Lipinski definition) is 0. The van der Waals surface area contributed by atoms with Gasteiger partial charge in [-0.3, -0.25) is 4.79 Å². The van der Waals surface area contributed by atoms with Crippen molar-refractivity contribution in [2.75, 3.05) is 51.3 Å². The summed E-state index contributed by atoms with van der Waals surface area (Å²) in [5.41, 5.74) is 1.11. The molecule has 32 heavy (non-hydrogen) atoms. The molecular weight excluding hydrogens is 494 g/mol. The van der Waals surface area contributed by atoms with Crippen LogP contribution in [0.1, 0.15) is 12.8 Å². The van der Waals surface area contributed by atoms with Gasteiger partial charge in [0.05, 0.1) is 17.9 Å². The van der Waals surface area contributed by atoms with Gasteiger partial charge in [-0.2, -0.15) is 4.31 Å². The maximum absolute atomic E-state index is 13.2. The normalized spacial score (nSPS) is 20.2. The van der Waals surface area contributed by atoms with E-state index in [0.29, 0.717) is 26.1 Å². The van der Waals surface area contributed by atoms with Gasteiger partial charge in [-0.25, -0.2) is 8.42 Å². The lowest BCUT2D eigenvalue weighted by atomic mass is 9.97. The summed E-state index contributed by atoms with van der Waals surface area (Å²) in [5, 5.41) is 0. The van der Waals surface area contributed by atoms with E-state index in [9.17, 15) is 13.2 Å². The van der Waals surface area contributed by atoms with Crippen molar-refractivity contribution in [2.45, 2.75) is 17.7 Å². The minimum Gasteiger partial charge on any atom is -0.497 e. The summed E-state index contributed by atoms with van der Waals surface area (Å²) in [6.45, 7) is 3.49. The lowest BCUT2D eigenvalue weighted by Gasteiger charge is -2.39. The molecule has 1 amide bonds. The largest absolute Gasteiger partial charge is 0.497 e. The summed E-state index contributed by atoms with van der Waals surface area (Å²) in [4.78, 5) is 17.6. The molecule has 2 aromatic rings. The molecule has 0 radical (unpaired) electrons. The van der Waals surface area contributed by atoms with Gasteiger partial charge < -0.3 is 14.5 Å². The van der Waals surface area contributed by atoms with E-state index in [0.717, 1.165) is 35.4 Å². The first-order valence-electron chi connectivity index (χ1n) is 10.8. The molecule has 0 N–H and O–H groups in total. The second-order valence-corrected chi connectivity index (χ2v) is 11.0. The minimum absolute atomic E-state index is 0.0649. The SMILES string of the molecule is COc1ccc(N2CCN(C(=O)[C@H]3CCCN(S(=O)(=O)c4ccc(Br)cc4)C3)CC2)cc1. The van der Waals surface area contributed by atoms with Gasteiger partial charge in [0.15, 0.2) is 0 Å². The molecule has 172 valence electrons. The van der Waals surface area contributed by atoms with E-state index in [1.807, 2.05) is 29.2 Å². The highest BCUT2D eigenvalue weighted by molar-refractivity contribution is 9.10. The molecule has 2 aromatic carbocycles. The molecule has 0 aromatic heterocycles. The fourth-order valence-corrected chi connectivity index (χ4v) is 6.14. The van der Waals surface area contributed by atoms with Gasteiger partial charge in [0.25, 0.3) is 0 Å². The molecule has 2 heterocycles. The number of carbonyl (C=O) groups excluding carboxylic acids is 1. The summed E-state index contributed by atoms with van der Waals surface area (Å²) >= 11 is 3.34. The van der Waals surface area contributed by atoms with E-state index in [1.165, 1.54) is 4.31 Å². The molecule has 9 heteroatoms.